The van der Waals surface area contributed by atoms with Gasteiger partial charge in [0.2, 0.25) is 0 Å². The summed E-state index contributed by atoms with van der Waals surface area (Å²) in [5.41, 5.74) is 7.51. The van der Waals surface area contributed by atoms with E-state index in [9.17, 15) is 0 Å². The minimum absolute atomic E-state index is 0.200. The highest BCUT2D eigenvalue weighted by Crippen LogP contribution is 2.36. The molecule has 1 saturated carbocycles. The summed E-state index contributed by atoms with van der Waals surface area (Å²) in [7, 11) is 1.64. The van der Waals surface area contributed by atoms with Crippen molar-refractivity contribution in [1.82, 2.24) is 0 Å². The average molecular weight is 254 g/mol. The molecule has 2 rings (SSSR count). The van der Waals surface area contributed by atoms with E-state index in [2.05, 4.69) is 0 Å². The van der Waals surface area contributed by atoms with Crippen LogP contribution in [0.1, 0.15) is 44.1 Å². The molecular weight excluding hydrogens is 234 g/mol. The summed E-state index contributed by atoms with van der Waals surface area (Å²) >= 11 is 6.05. The Bertz CT molecular complexity index is 384. The Balaban J connectivity index is 2.31. The second kappa shape index (κ2) is 5.28. The molecule has 1 fully saturated rings. The highest BCUT2D eigenvalue weighted by Gasteiger charge is 2.28. The summed E-state index contributed by atoms with van der Waals surface area (Å²) in [5, 5.41) is 0.647. The Hall–Kier alpha value is -0.730. The Morgan fingerprint density at radius 1 is 1.18 bits per heavy atom. The molecule has 2 N–H and O–H groups in total. The molecule has 0 spiro atoms. The molecule has 1 aliphatic rings. The molecule has 0 aromatic heterocycles. The lowest BCUT2D eigenvalue weighted by Crippen LogP contribution is -2.35. The maximum absolute atomic E-state index is 6.56. The van der Waals surface area contributed by atoms with Crippen LogP contribution < -0.4 is 10.5 Å². The van der Waals surface area contributed by atoms with Crippen molar-refractivity contribution in [3.8, 4) is 5.75 Å². The molecule has 0 atom stereocenters. The molecule has 1 aromatic carbocycles. The third-order valence-electron chi connectivity index (χ3n) is 3.72. The minimum atomic E-state index is -0.200. The number of rotatable bonds is 2. The summed E-state index contributed by atoms with van der Waals surface area (Å²) in [5.74, 6) is 0.721. The highest BCUT2D eigenvalue weighted by molar-refractivity contribution is 6.32. The highest BCUT2D eigenvalue weighted by atomic mass is 35.5. The molecule has 1 aliphatic carbocycles. The first-order valence-corrected chi connectivity index (χ1v) is 6.66. The van der Waals surface area contributed by atoms with Crippen molar-refractivity contribution in [3.63, 3.8) is 0 Å². The number of benzene rings is 1. The smallest absolute Gasteiger partial charge is 0.137 e. The van der Waals surface area contributed by atoms with Gasteiger partial charge >= 0.3 is 0 Å². The van der Waals surface area contributed by atoms with E-state index in [1.165, 1.54) is 25.7 Å². The fraction of sp³-hybridized carbons (Fsp3) is 0.571. The lowest BCUT2D eigenvalue weighted by Gasteiger charge is -2.29. The second-order valence-electron chi connectivity index (χ2n) is 4.92. The predicted molar refractivity (Wildman–Crippen MR) is 71.6 cm³/mol. The SMILES string of the molecule is COc1cc(C2(N)CCCCCC2)ccc1Cl. The number of hydrogen-bond donors (Lipinski definition) is 1. The standard InChI is InChI=1S/C14H20ClNO/c1-17-13-10-11(6-7-12(13)15)14(16)8-4-2-3-5-9-14/h6-7,10H,2-5,8-9,16H2,1H3. The van der Waals surface area contributed by atoms with Crippen LogP contribution in [0.5, 0.6) is 5.75 Å². The van der Waals surface area contributed by atoms with E-state index in [1.54, 1.807) is 7.11 Å². The number of methoxy groups -OCH3 is 1. The molecule has 0 heterocycles. The van der Waals surface area contributed by atoms with Crippen LogP contribution in [0.25, 0.3) is 0 Å². The molecule has 94 valence electrons. The van der Waals surface area contributed by atoms with Crippen LogP contribution in [-0.2, 0) is 5.54 Å². The van der Waals surface area contributed by atoms with Gasteiger partial charge in [0.15, 0.2) is 0 Å². The monoisotopic (exact) mass is 253 g/mol. The van der Waals surface area contributed by atoms with Crippen molar-refractivity contribution in [1.29, 1.82) is 0 Å². The second-order valence-corrected chi connectivity index (χ2v) is 5.33. The largest absolute Gasteiger partial charge is 0.495 e. The Morgan fingerprint density at radius 2 is 1.82 bits per heavy atom. The first-order valence-electron chi connectivity index (χ1n) is 6.29. The minimum Gasteiger partial charge on any atom is -0.495 e. The number of hydrogen-bond acceptors (Lipinski definition) is 2. The number of halogens is 1. The van der Waals surface area contributed by atoms with Crippen molar-refractivity contribution < 1.29 is 4.74 Å². The summed E-state index contributed by atoms with van der Waals surface area (Å²) in [4.78, 5) is 0. The zero-order valence-corrected chi connectivity index (χ0v) is 11.1. The third-order valence-corrected chi connectivity index (χ3v) is 4.03. The average Bonchev–Trinajstić information content (AvgIpc) is 2.55. The van der Waals surface area contributed by atoms with E-state index in [0.717, 1.165) is 24.2 Å². The van der Waals surface area contributed by atoms with Crippen LogP contribution in [0.3, 0.4) is 0 Å². The van der Waals surface area contributed by atoms with Crippen molar-refractivity contribution in [2.75, 3.05) is 7.11 Å². The first-order chi connectivity index (χ1) is 8.15. The van der Waals surface area contributed by atoms with Gasteiger partial charge in [-0.25, -0.2) is 0 Å². The fourth-order valence-corrected chi connectivity index (χ4v) is 2.81. The molecule has 0 saturated heterocycles. The van der Waals surface area contributed by atoms with Gasteiger partial charge in [-0.05, 0) is 30.5 Å². The Kier molecular flexibility index (Phi) is 3.95. The predicted octanol–water partition coefficient (Wildman–Crippen LogP) is 3.86. The van der Waals surface area contributed by atoms with E-state index < -0.39 is 0 Å². The van der Waals surface area contributed by atoms with Gasteiger partial charge in [-0.15, -0.1) is 0 Å². The molecular formula is C14H20ClNO. The molecule has 0 radical (unpaired) electrons. The van der Waals surface area contributed by atoms with E-state index in [4.69, 9.17) is 22.1 Å². The maximum Gasteiger partial charge on any atom is 0.137 e. The van der Waals surface area contributed by atoms with Crippen molar-refractivity contribution in [2.45, 2.75) is 44.1 Å². The first kappa shape index (κ1) is 12.7. The zero-order chi connectivity index (χ0) is 12.3. The fourth-order valence-electron chi connectivity index (χ4n) is 2.62. The van der Waals surface area contributed by atoms with Gasteiger partial charge in [-0.1, -0.05) is 43.4 Å². The lowest BCUT2D eigenvalue weighted by atomic mass is 9.84. The topological polar surface area (TPSA) is 35.2 Å². The summed E-state index contributed by atoms with van der Waals surface area (Å²) in [6.07, 6.45) is 7.12. The van der Waals surface area contributed by atoms with Crippen molar-refractivity contribution in [2.24, 2.45) is 5.73 Å². The van der Waals surface area contributed by atoms with Gasteiger partial charge < -0.3 is 10.5 Å². The zero-order valence-electron chi connectivity index (χ0n) is 10.3. The maximum atomic E-state index is 6.56. The number of nitrogens with two attached hydrogens (primary N) is 1. The van der Waals surface area contributed by atoms with E-state index in [1.807, 2.05) is 18.2 Å². The molecule has 0 amide bonds. The van der Waals surface area contributed by atoms with Crippen LogP contribution in [0.15, 0.2) is 18.2 Å². The molecule has 2 nitrogen and oxygen atoms in total. The van der Waals surface area contributed by atoms with Crippen molar-refractivity contribution >= 4 is 11.6 Å². The molecule has 3 heteroatoms. The van der Waals surface area contributed by atoms with Crippen molar-refractivity contribution in [3.05, 3.63) is 28.8 Å². The molecule has 0 aliphatic heterocycles. The summed E-state index contributed by atoms with van der Waals surface area (Å²) < 4.78 is 5.27. The number of ether oxygens (including phenoxy) is 1. The normalized spacial score (nSPS) is 19.7. The molecule has 0 unspecified atom stereocenters. The van der Waals surface area contributed by atoms with E-state index in [0.29, 0.717) is 5.02 Å². The van der Waals surface area contributed by atoms with E-state index >= 15 is 0 Å². The van der Waals surface area contributed by atoms with Crippen LogP contribution >= 0.6 is 11.6 Å². The quantitative estimate of drug-likeness (QED) is 0.813. The molecule has 1 aromatic rings. The molecule has 17 heavy (non-hydrogen) atoms. The van der Waals surface area contributed by atoms with Gasteiger partial charge in [0.05, 0.1) is 12.1 Å². The van der Waals surface area contributed by atoms with Crippen LogP contribution in [0, 0.1) is 0 Å². The lowest BCUT2D eigenvalue weighted by molar-refractivity contribution is 0.378. The summed E-state index contributed by atoms with van der Waals surface area (Å²) in [6, 6.07) is 5.92. The van der Waals surface area contributed by atoms with E-state index in [-0.39, 0.29) is 5.54 Å². The van der Waals surface area contributed by atoms with Gasteiger partial charge in [0, 0.05) is 5.54 Å². The Labute approximate surface area is 108 Å². The Morgan fingerprint density at radius 3 is 2.41 bits per heavy atom. The molecule has 0 bridgehead atoms. The van der Waals surface area contributed by atoms with Gasteiger partial charge in [0.25, 0.3) is 0 Å². The van der Waals surface area contributed by atoms with Gasteiger partial charge in [-0.3, -0.25) is 0 Å². The van der Waals surface area contributed by atoms with Gasteiger partial charge in [-0.2, -0.15) is 0 Å². The van der Waals surface area contributed by atoms with Crippen LogP contribution in [0.2, 0.25) is 5.02 Å². The van der Waals surface area contributed by atoms with Crippen LogP contribution in [-0.4, -0.2) is 7.11 Å². The van der Waals surface area contributed by atoms with Crippen LogP contribution in [0.4, 0.5) is 0 Å². The third kappa shape index (κ3) is 2.75. The van der Waals surface area contributed by atoms with Gasteiger partial charge in [0.1, 0.15) is 5.75 Å². The summed E-state index contributed by atoms with van der Waals surface area (Å²) in [6.45, 7) is 0.